The van der Waals surface area contributed by atoms with Gasteiger partial charge >= 0.3 is 0 Å². The molecule has 0 radical (unpaired) electrons. The third-order valence-corrected chi connectivity index (χ3v) is 4.64. The summed E-state index contributed by atoms with van der Waals surface area (Å²) in [6.07, 6.45) is 5.17. The molecule has 28 heavy (non-hydrogen) atoms. The fourth-order valence-corrected chi connectivity index (χ4v) is 3.26. The van der Waals surface area contributed by atoms with Crippen LogP contribution in [0.3, 0.4) is 0 Å². The summed E-state index contributed by atoms with van der Waals surface area (Å²) in [7, 11) is 1.56. The lowest BCUT2D eigenvalue weighted by molar-refractivity contribution is -0.116. The van der Waals surface area contributed by atoms with Crippen molar-refractivity contribution in [2.75, 3.05) is 17.7 Å². The lowest BCUT2D eigenvalue weighted by Gasteiger charge is -2.26. The van der Waals surface area contributed by atoms with Gasteiger partial charge in [-0.15, -0.1) is 0 Å². The fraction of sp³-hybridized carbons (Fsp3) is 0.143. The summed E-state index contributed by atoms with van der Waals surface area (Å²) in [5.41, 5.74) is 3.66. The van der Waals surface area contributed by atoms with Gasteiger partial charge in [-0.1, -0.05) is 12.1 Å². The second-order valence-corrected chi connectivity index (χ2v) is 6.44. The number of fused-ring (bicyclic) bond motifs is 1. The van der Waals surface area contributed by atoms with E-state index in [0.29, 0.717) is 29.2 Å². The Morgan fingerprint density at radius 1 is 1.21 bits per heavy atom. The van der Waals surface area contributed by atoms with Gasteiger partial charge in [0, 0.05) is 48.4 Å². The van der Waals surface area contributed by atoms with Crippen molar-refractivity contribution in [1.29, 1.82) is 0 Å². The van der Waals surface area contributed by atoms with E-state index >= 15 is 0 Å². The number of hydrogen-bond donors (Lipinski definition) is 2. The van der Waals surface area contributed by atoms with Crippen molar-refractivity contribution in [3.05, 3.63) is 77.7 Å². The number of hydrogen-bond acceptors (Lipinski definition) is 5. The molecule has 140 valence electrons. The minimum atomic E-state index is -0.258. The van der Waals surface area contributed by atoms with Crippen molar-refractivity contribution in [2.45, 2.75) is 12.3 Å². The smallest absolute Gasteiger partial charge is 0.257 e. The summed E-state index contributed by atoms with van der Waals surface area (Å²) < 4.78 is 5.10. The Kier molecular flexibility index (Phi) is 4.72. The number of rotatable bonds is 4. The molecule has 1 aromatic carbocycles. The van der Waals surface area contributed by atoms with Gasteiger partial charge in [0.25, 0.3) is 5.91 Å². The minimum Gasteiger partial charge on any atom is -0.481 e. The summed E-state index contributed by atoms with van der Waals surface area (Å²) >= 11 is 0. The fourth-order valence-electron chi connectivity index (χ4n) is 3.26. The number of ether oxygens (including phenoxy) is 1. The highest BCUT2D eigenvalue weighted by Crippen LogP contribution is 2.38. The Balaban J connectivity index is 1.61. The van der Waals surface area contributed by atoms with Gasteiger partial charge in [-0.3, -0.25) is 14.6 Å². The summed E-state index contributed by atoms with van der Waals surface area (Å²) in [4.78, 5) is 32.8. The van der Waals surface area contributed by atoms with Gasteiger partial charge in [-0.05, 0) is 35.4 Å². The zero-order chi connectivity index (χ0) is 19.5. The topological polar surface area (TPSA) is 93.2 Å². The van der Waals surface area contributed by atoms with E-state index in [1.807, 2.05) is 18.2 Å². The molecule has 7 heteroatoms. The van der Waals surface area contributed by atoms with Crippen molar-refractivity contribution < 1.29 is 14.3 Å². The van der Waals surface area contributed by atoms with E-state index < -0.39 is 0 Å². The summed E-state index contributed by atoms with van der Waals surface area (Å²) in [6.45, 7) is 0. The van der Waals surface area contributed by atoms with E-state index in [1.54, 1.807) is 43.8 Å². The minimum absolute atomic E-state index is 0.0796. The zero-order valence-corrected chi connectivity index (χ0v) is 15.2. The number of benzene rings is 1. The molecule has 0 aliphatic carbocycles. The second kappa shape index (κ2) is 7.48. The quantitative estimate of drug-likeness (QED) is 0.731. The van der Waals surface area contributed by atoms with Gasteiger partial charge in [0.2, 0.25) is 11.8 Å². The Bertz CT molecular complexity index is 1020. The van der Waals surface area contributed by atoms with Crippen LogP contribution in [0.15, 0.2) is 61.1 Å². The van der Waals surface area contributed by atoms with Crippen LogP contribution in [0.4, 0.5) is 11.4 Å². The standard InChI is InChI=1S/C21H18N4O3/c1-28-20-7-4-13(12-23-20)17-10-19(26)25-18-9-15(5-6-16(17)18)24-21(27)14-3-2-8-22-11-14/h2-9,11-12,17H,10H2,1H3,(H,24,27)(H,25,26). The molecule has 2 N–H and O–H groups in total. The zero-order valence-electron chi connectivity index (χ0n) is 15.2. The van der Waals surface area contributed by atoms with Crippen LogP contribution in [0.2, 0.25) is 0 Å². The highest BCUT2D eigenvalue weighted by molar-refractivity contribution is 6.05. The second-order valence-electron chi connectivity index (χ2n) is 6.44. The van der Waals surface area contributed by atoms with E-state index in [1.165, 1.54) is 6.20 Å². The van der Waals surface area contributed by atoms with Crippen molar-refractivity contribution in [1.82, 2.24) is 9.97 Å². The maximum Gasteiger partial charge on any atom is 0.257 e. The molecule has 4 rings (SSSR count). The largest absolute Gasteiger partial charge is 0.481 e. The van der Waals surface area contributed by atoms with Crippen molar-refractivity contribution >= 4 is 23.2 Å². The molecular formula is C21H18N4O3. The predicted octanol–water partition coefficient (Wildman–Crippen LogP) is 3.21. The molecule has 2 amide bonds. The molecule has 3 aromatic rings. The van der Waals surface area contributed by atoms with E-state index in [2.05, 4.69) is 20.6 Å². The number of carbonyl (C=O) groups excluding carboxylic acids is 2. The Labute approximate surface area is 161 Å². The molecule has 1 aliphatic heterocycles. The number of nitrogens with one attached hydrogen (secondary N) is 2. The lowest BCUT2D eigenvalue weighted by atomic mass is 9.85. The Morgan fingerprint density at radius 3 is 2.82 bits per heavy atom. The molecule has 2 aromatic heterocycles. The van der Waals surface area contributed by atoms with E-state index in [4.69, 9.17) is 4.74 Å². The van der Waals surface area contributed by atoms with Gasteiger partial charge in [-0.25, -0.2) is 4.98 Å². The first-order valence-electron chi connectivity index (χ1n) is 8.79. The molecule has 1 unspecified atom stereocenters. The first kappa shape index (κ1) is 17.7. The average molecular weight is 374 g/mol. The predicted molar refractivity (Wildman–Crippen MR) is 105 cm³/mol. The van der Waals surface area contributed by atoms with Crippen LogP contribution in [-0.2, 0) is 4.79 Å². The van der Waals surface area contributed by atoms with Crippen molar-refractivity contribution in [3.63, 3.8) is 0 Å². The number of amides is 2. The number of pyridine rings is 2. The lowest BCUT2D eigenvalue weighted by Crippen LogP contribution is -2.24. The summed E-state index contributed by atoms with van der Waals surface area (Å²) in [6, 6.07) is 12.6. The van der Waals surface area contributed by atoms with Gasteiger partial charge in [-0.2, -0.15) is 0 Å². The molecular weight excluding hydrogens is 356 g/mol. The normalized spacial score (nSPS) is 15.3. The molecule has 7 nitrogen and oxygen atoms in total. The highest BCUT2D eigenvalue weighted by Gasteiger charge is 2.27. The van der Waals surface area contributed by atoms with E-state index in [9.17, 15) is 9.59 Å². The Morgan fingerprint density at radius 2 is 2.11 bits per heavy atom. The van der Waals surface area contributed by atoms with Gasteiger partial charge in [0.05, 0.1) is 12.7 Å². The third-order valence-electron chi connectivity index (χ3n) is 4.64. The van der Waals surface area contributed by atoms with Gasteiger partial charge in [0.15, 0.2) is 0 Å². The first-order chi connectivity index (χ1) is 13.6. The van der Waals surface area contributed by atoms with Crippen LogP contribution >= 0.6 is 0 Å². The molecule has 0 spiro atoms. The molecule has 1 aliphatic rings. The third kappa shape index (κ3) is 3.55. The molecule has 0 saturated carbocycles. The molecule has 3 heterocycles. The van der Waals surface area contributed by atoms with Gasteiger partial charge < -0.3 is 15.4 Å². The van der Waals surface area contributed by atoms with Crippen LogP contribution in [0.5, 0.6) is 5.88 Å². The van der Waals surface area contributed by atoms with E-state index in [0.717, 1.165) is 11.1 Å². The molecule has 0 saturated heterocycles. The average Bonchev–Trinajstić information content (AvgIpc) is 2.73. The highest BCUT2D eigenvalue weighted by atomic mass is 16.5. The van der Waals surface area contributed by atoms with Crippen LogP contribution in [0, 0.1) is 0 Å². The molecule has 1 atom stereocenters. The van der Waals surface area contributed by atoms with Gasteiger partial charge in [0.1, 0.15) is 0 Å². The summed E-state index contributed by atoms with van der Waals surface area (Å²) in [5, 5.41) is 5.72. The van der Waals surface area contributed by atoms with Crippen molar-refractivity contribution in [3.8, 4) is 5.88 Å². The number of aromatic nitrogens is 2. The van der Waals surface area contributed by atoms with E-state index in [-0.39, 0.29) is 17.7 Å². The maximum absolute atomic E-state index is 12.3. The Hall–Kier alpha value is -3.74. The van der Waals surface area contributed by atoms with Crippen molar-refractivity contribution in [2.24, 2.45) is 0 Å². The maximum atomic E-state index is 12.3. The van der Waals surface area contributed by atoms with Crippen LogP contribution in [-0.4, -0.2) is 28.9 Å². The number of anilines is 2. The van der Waals surface area contributed by atoms with Crippen LogP contribution in [0.1, 0.15) is 33.8 Å². The molecule has 0 fully saturated rings. The SMILES string of the molecule is COc1ccc(C2CC(=O)Nc3cc(NC(=O)c4cccnc4)ccc32)cn1. The monoisotopic (exact) mass is 374 g/mol. The molecule has 0 bridgehead atoms. The summed E-state index contributed by atoms with van der Waals surface area (Å²) in [5.74, 6) is 0.0815. The number of methoxy groups -OCH3 is 1. The van der Waals surface area contributed by atoms with Crippen LogP contribution in [0.25, 0.3) is 0 Å². The first-order valence-corrected chi connectivity index (χ1v) is 8.79. The number of carbonyl (C=O) groups is 2. The number of nitrogens with zero attached hydrogens (tertiary/aromatic N) is 2. The van der Waals surface area contributed by atoms with Crippen LogP contribution < -0.4 is 15.4 Å².